The molecule has 1 saturated heterocycles. The van der Waals surface area contributed by atoms with E-state index in [4.69, 9.17) is 4.74 Å². The fourth-order valence-electron chi connectivity index (χ4n) is 2.85. The molecule has 2 atom stereocenters. The van der Waals surface area contributed by atoms with E-state index in [9.17, 15) is 0 Å². The molecule has 1 aromatic carbocycles. The van der Waals surface area contributed by atoms with E-state index in [0.717, 1.165) is 6.61 Å². The molecule has 1 fully saturated rings. The van der Waals surface area contributed by atoms with Crippen molar-refractivity contribution in [3.8, 4) is 0 Å². The van der Waals surface area contributed by atoms with E-state index < -0.39 is 0 Å². The van der Waals surface area contributed by atoms with Crippen LogP contribution in [-0.4, -0.2) is 25.8 Å². The summed E-state index contributed by atoms with van der Waals surface area (Å²) in [6.07, 6.45) is 5.43. The normalized spacial score (nSPS) is 21.1. The number of ether oxygens (including phenoxy) is 1. The van der Waals surface area contributed by atoms with Crippen molar-refractivity contribution in [3.63, 3.8) is 0 Å². The zero-order chi connectivity index (χ0) is 12.6. The average Bonchev–Trinajstić information content (AvgIpc) is 2.93. The second kappa shape index (κ2) is 7.55. The van der Waals surface area contributed by atoms with Crippen molar-refractivity contribution >= 4 is 0 Å². The predicted molar refractivity (Wildman–Crippen MR) is 74.6 cm³/mol. The van der Waals surface area contributed by atoms with Gasteiger partial charge in [0.2, 0.25) is 0 Å². The Hall–Kier alpha value is -0.860. The maximum atomic E-state index is 5.90. The molecular weight excluding hydrogens is 222 g/mol. The molecule has 0 unspecified atom stereocenters. The van der Waals surface area contributed by atoms with Crippen LogP contribution in [0, 0.1) is 5.92 Å². The summed E-state index contributed by atoms with van der Waals surface area (Å²) in [5.74, 6) is 0.692. The van der Waals surface area contributed by atoms with Gasteiger partial charge in [0.05, 0.1) is 19.2 Å². The number of quaternary nitrogens is 1. The van der Waals surface area contributed by atoms with E-state index in [-0.39, 0.29) is 0 Å². The Morgan fingerprint density at radius 3 is 2.83 bits per heavy atom. The molecule has 2 heteroatoms. The largest absolute Gasteiger partial charge is 0.378 e. The molecule has 0 saturated carbocycles. The van der Waals surface area contributed by atoms with E-state index in [1.165, 1.54) is 44.3 Å². The van der Waals surface area contributed by atoms with Gasteiger partial charge in [0.25, 0.3) is 0 Å². The maximum absolute atomic E-state index is 5.90. The molecule has 2 nitrogen and oxygen atoms in total. The van der Waals surface area contributed by atoms with Crippen molar-refractivity contribution in [2.24, 2.45) is 5.92 Å². The molecule has 0 spiro atoms. The molecule has 1 aliphatic heterocycles. The summed E-state index contributed by atoms with van der Waals surface area (Å²) < 4.78 is 5.90. The molecule has 18 heavy (non-hydrogen) atoms. The standard InChI is InChI=1S/C16H25NO/c1-2-17-11-10-15(16-9-6-12-18-16)13-14-7-4-3-5-8-14/h3-5,7-8,15-17H,2,6,9-13H2,1H3/p+1/t15-,16+/m0/s1. The number of benzene rings is 1. The summed E-state index contributed by atoms with van der Waals surface area (Å²) in [5.41, 5.74) is 1.45. The van der Waals surface area contributed by atoms with Gasteiger partial charge in [0, 0.05) is 13.0 Å². The van der Waals surface area contributed by atoms with Gasteiger partial charge in [-0.1, -0.05) is 30.3 Å². The van der Waals surface area contributed by atoms with E-state index in [0.29, 0.717) is 12.0 Å². The molecule has 0 bridgehead atoms. The first kappa shape index (κ1) is 13.6. The number of rotatable bonds is 7. The Morgan fingerprint density at radius 2 is 2.17 bits per heavy atom. The Labute approximate surface area is 111 Å². The third-order valence-electron chi connectivity index (χ3n) is 3.86. The van der Waals surface area contributed by atoms with Crippen LogP contribution in [0.5, 0.6) is 0 Å². The topological polar surface area (TPSA) is 25.8 Å². The lowest BCUT2D eigenvalue weighted by Gasteiger charge is -2.22. The van der Waals surface area contributed by atoms with Crippen molar-refractivity contribution in [1.82, 2.24) is 0 Å². The van der Waals surface area contributed by atoms with Gasteiger partial charge < -0.3 is 10.1 Å². The van der Waals surface area contributed by atoms with Gasteiger partial charge in [-0.2, -0.15) is 0 Å². The molecular formula is C16H26NO+. The van der Waals surface area contributed by atoms with Gasteiger partial charge >= 0.3 is 0 Å². The summed E-state index contributed by atoms with van der Waals surface area (Å²) in [4.78, 5) is 0. The zero-order valence-corrected chi connectivity index (χ0v) is 11.5. The van der Waals surface area contributed by atoms with E-state index >= 15 is 0 Å². The monoisotopic (exact) mass is 248 g/mol. The fourth-order valence-corrected chi connectivity index (χ4v) is 2.85. The third kappa shape index (κ3) is 4.11. The second-order valence-corrected chi connectivity index (χ2v) is 5.28. The van der Waals surface area contributed by atoms with Gasteiger partial charge in [0.15, 0.2) is 0 Å². The first-order valence-corrected chi connectivity index (χ1v) is 7.37. The molecule has 100 valence electrons. The molecule has 1 heterocycles. The maximum Gasteiger partial charge on any atom is 0.0759 e. The summed E-state index contributed by atoms with van der Waals surface area (Å²) >= 11 is 0. The van der Waals surface area contributed by atoms with Crippen LogP contribution in [0.4, 0.5) is 0 Å². The van der Waals surface area contributed by atoms with Gasteiger partial charge in [-0.05, 0) is 37.7 Å². The fraction of sp³-hybridized carbons (Fsp3) is 0.625. The molecule has 0 amide bonds. The van der Waals surface area contributed by atoms with Gasteiger partial charge in [-0.3, -0.25) is 0 Å². The number of hydrogen-bond donors (Lipinski definition) is 1. The number of hydrogen-bond acceptors (Lipinski definition) is 1. The quantitative estimate of drug-likeness (QED) is 0.734. The molecule has 1 aromatic rings. The van der Waals surface area contributed by atoms with Crippen LogP contribution in [0.2, 0.25) is 0 Å². The van der Waals surface area contributed by atoms with Crippen LogP contribution in [0.15, 0.2) is 30.3 Å². The summed E-state index contributed by atoms with van der Waals surface area (Å²) in [7, 11) is 0. The van der Waals surface area contributed by atoms with E-state index in [1.54, 1.807) is 0 Å². The molecule has 0 aromatic heterocycles. The Kier molecular flexibility index (Phi) is 5.69. The summed E-state index contributed by atoms with van der Waals surface area (Å²) in [6.45, 7) is 5.60. The van der Waals surface area contributed by atoms with Gasteiger partial charge in [0.1, 0.15) is 0 Å². The highest BCUT2D eigenvalue weighted by Gasteiger charge is 2.26. The highest BCUT2D eigenvalue weighted by molar-refractivity contribution is 5.15. The summed E-state index contributed by atoms with van der Waals surface area (Å²) in [5, 5.41) is 2.40. The van der Waals surface area contributed by atoms with E-state index in [1.807, 2.05) is 0 Å². The highest BCUT2D eigenvalue weighted by Crippen LogP contribution is 2.25. The Balaban J connectivity index is 1.90. The van der Waals surface area contributed by atoms with Crippen LogP contribution in [0.3, 0.4) is 0 Å². The summed E-state index contributed by atoms with van der Waals surface area (Å²) in [6, 6.07) is 10.9. The highest BCUT2D eigenvalue weighted by atomic mass is 16.5. The van der Waals surface area contributed by atoms with Crippen molar-refractivity contribution in [2.75, 3.05) is 19.7 Å². The minimum Gasteiger partial charge on any atom is -0.378 e. The molecule has 1 aliphatic rings. The van der Waals surface area contributed by atoms with Crippen molar-refractivity contribution < 1.29 is 10.1 Å². The van der Waals surface area contributed by atoms with Gasteiger partial charge in [-0.25, -0.2) is 0 Å². The van der Waals surface area contributed by atoms with Crippen molar-refractivity contribution in [3.05, 3.63) is 35.9 Å². The lowest BCUT2D eigenvalue weighted by Crippen LogP contribution is -2.83. The lowest BCUT2D eigenvalue weighted by molar-refractivity contribution is -0.652. The van der Waals surface area contributed by atoms with Crippen molar-refractivity contribution in [1.29, 1.82) is 0 Å². The number of nitrogens with two attached hydrogens (primary N) is 1. The molecule has 2 N–H and O–H groups in total. The minimum atomic E-state index is 0.496. The van der Waals surface area contributed by atoms with Gasteiger partial charge in [-0.15, -0.1) is 0 Å². The zero-order valence-electron chi connectivity index (χ0n) is 11.5. The Bertz CT molecular complexity index is 319. The molecule has 0 radical (unpaired) electrons. The lowest BCUT2D eigenvalue weighted by atomic mass is 9.89. The van der Waals surface area contributed by atoms with E-state index in [2.05, 4.69) is 42.6 Å². The first-order valence-electron chi connectivity index (χ1n) is 7.37. The van der Waals surface area contributed by atoms with Crippen molar-refractivity contribution in [2.45, 2.75) is 38.7 Å². The predicted octanol–water partition coefficient (Wildman–Crippen LogP) is 2.00. The smallest absolute Gasteiger partial charge is 0.0759 e. The SMILES string of the molecule is CC[NH2+]CC[C@@H](Cc1ccccc1)[C@H]1CCCO1. The van der Waals surface area contributed by atoms with Crippen LogP contribution in [-0.2, 0) is 11.2 Å². The van der Waals surface area contributed by atoms with Crippen LogP contribution in [0.1, 0.15) is 31.7 Å². The first-order chi connectivity index (χ1) is 8.90. The average molecular weight is 248 g/mol. The van der Waals surface area contributed by atoms with Crippen LogP contribution < -0.4 is 5.32 Å². The van der Waals surface area contributed by atoms with Crippen LogP contribution >= 0.6 is 0 Å². The Morgan fingerprint density at radius 1 is 1.33 bits per heavy atom. The molecule has 2 rings (SSSR count). The molecule has 0 aliphatic carbocycles. The third-order valence-corrected chi connectivity index (χ3v) is 3.86. The van der Waals surface area contributed by atoms with Crippen LogP contribution in [0.25, 0.3) is 0 Å². The second-order valence-electron chi connectivity index (χ2n) is 5.28. The minimum absolute atomic E-state index is 0.496.